The number of carbonyl (C=O) groups is 1. The first-order valence-corrected chi connectivity index (χ1v) is 9.22. The zero-order chi connectivity index (χ0) is 19.8. The number of carbonyl (C=O) groups excluding carboxylic acids is 1. The van der Waals surface area contributed by atoms with Crippen LogP contribution in [0, 0.1) is 0 Å². The van der Waals surface area contributed by atoms with E-state index >= 15 is 0 Å². The minimum absolute atomic E-state index is 0.268. The molecule has 0 saturated heterocycles. The summed E-state index contributed by atoms with van der Waals surface area (Å²) >= 11 is 0. The van der Waals surface area contributed by atoms with E-state index in [2.05, 4.69) is 39.2 Å². The number of ether oxygens (including phenoxy) is 1. The highest BCUT2D eigenvalue weighted by molar-refractivity contribution is 5.92. The highest BCUT2D eigenvalue weighted by Gasteiger charge is 2.12. The molecule has 1 amide bonds. The molecule has 3 aromatic rings. The van der Waals surface area contributed by atoms with Gasteiger partial charge in [-0.2, -0.15) is 0 Å². The second kappa shape index (κ2) is 9.50. The van der Waals surface area contributed by atoms with Crippen molar-refractivity contribution in [3.05, 3.63) is 83.8 Å². The molecule has 0 fully saturated rings. The van der Waals surface area contributed by atoms with Crippen molar-refractivity contribution in [3.63, 3.8) is 0 Å². The number of rotatable bonds is 8. The van der Waals surface area contributed by atoms with E-state index < -0.39 is 0 Å². The zero-order valence-electron chi connectivity index (χ0n) is 16.1. The molecule has 0 aliphatic heterocycles. The van der Waals surface area contributed by atoms with Crippen LogP contribution < -0.4 is 15.0 Å². The minimum Gasteiger partial charge on any atom is -0.496 e. The Morgan fingerprint density at radius 2 is 1.79 bits per heavy atom. The highest BCUT2D eigenvalue weighted by Crippen LogP contribution is 2.17. The monoisotopic (exact) mass is 376 g/mol. The van der Waals surface area contributed by atoms with Crippen LogP contribution >= 0.6 is 0 Å². The third kappa shape index (κ3) is 4.85. The van der Waals surface area contributed by atoms with Gasteiger partial charge < -0.3 is 15.0 Å². The van der Waals surface area contributed by atoms with Crippen LogP contribution in [0.25, 0.3) is 0 Å². The van der Waals surface area contributed by atoms with E-state index in [-0.39, 0.29) is 11.6 Å². The number of benzene rings is 2. The predicted molar refractivity (Wildman–Crippen MR) is 109 cm³/mol. The van der Waals surface area contributed by atoms with Crippen molar-refractivity contribution < 1.29 is 9.53 Å². The molecule has 1 heterocycles. The summed E-state index contributed by atoms with van der Waals surface area (Å²) < 4.78 is 5.30. The molecule has 6 nitrogen and oxygen atoms in total. The molecule has 2 aromatic carbocycles. The van der Waals surface area contributed by atoms with Crippen molar-refractivity contribution in [3.8, 4) is 5.75 Å². The maximum absolute atomic E-state index is 12.4. The van der Waals surface area contributed by atoms with E-state index in [1.807, 2.05) is 42.5 Å². The van der Waals surface area contributed by atoms with Gasteiger partial charge in [-0.1, -0.05) is 48.5 Å². The molecule has 28 heavy (non-hydrogen) atoms. The number of hydrogen-bond acceptors (Lipinski definition) is 5. The molecule has 1 aromatic heterocycles. The summed E-state index contributed by atoms with van der Waals surface area (Å²) in [6, 6.07) is 17.8. The van der Waals surface area contributed by atoms with E-state index in [1.54, 1.807) is 13.3 Å². The molecule has 144 valence electrons. The van der Waals surface area contributed by atoms with Crippen LogP contribution in [0.2, 0.25) is 0 Å². The molecule has 1 N–H and O–H groups in total. The predicted octanol–water partition coefficient (Wildman–Crippen LogP) is 3.44. The largest absolute Gasteiger partial charge is 0.496 e. The van der Waals surface area contributed by atoms with Gasteiger partial charge in [0.25, 0.3) is 5.91 Å². The number of nitrogens with zero attached hydrogens (tertiary/aromatic N) is 3. The van der Waals surface area contributed by atoms with Gasteiger partial charge in [-0.15, -0.1) is 0 Å². The molecule has 0 aliphatic carbocycles. The lowest BCUT2D eigenvalue weighted by Gasteiger charge is -2.21. The Bertz CT molecular complexity index is 898. The highest BCUT2D eigenvalue weighted by atomic mass is 16.5. The molecular formula is C22H24N4O2. The van der Waals surface area contributed by atoms with E-state index in [0.717, 1.165) is 30.2 Å². The number of para-hydroxylation sites is 1. The van der Waals surface area contributed by atoms with Gasteiger partial charge in [-0.3, -0.25) is 4.79 Å². The van der Waals surface area contributed by atoms with Crippen LogP contribution in [0.4, 0.5) is 5.82 Å². The number of nitrogens with one attached hydrogen (secondary N) is 1. The quantitative estimate of drug-likeness (QED) is 0.652. The SMILES string of the molecule is CCN(Cc1ccccc1)c1cnc(C(=O)NCc2ccccc2OC)cn1. The van der Waals surface area contributed by atoms with Crippen molar-refractivity contribution in [1.29, 1.82) is 0 Å². The average molecular weight is 376 g/mol. The van der Waals surface area contributed by atoms with Gasteiger partial charge in [0.1, 0.15) is 17.3 Å². The third-order valence-electron chi connectivity index (χ3n) is 4.42. The summed E-state index contributed by atoms with van der Waals surface area (Å²) in [4.78, 5) is 23.2. The number of anilines is 1. The van der Waals surface area contributed by atoms with Gasteiger partial charge in [-0.25, -0.2) is 9.97 Å². The number of methoxy groups -OCH3 is 1. The lowest BCUT2D eigenvalue weighted by atomic mass is 10.2. The Balaban J connectivity index is 1.63. The Kier molecular flexibility index (Phi) is 6.57. The molecule has 0 atom stereocenters. The lowest BCUT2D eigenvalue weighted by Crippen LogP contribution is -2.26. The van der Waals surface area contributed by atoms with Crippen LogP contribution in [0.1, 0.15) is 28.5 Å². The maximum Gasteiger partial charge on any atom is 0.271 e. The van der Waals surface area contributed by atoms with Crippen LogP contribution in [0.3, 0.4) is 0 Å². The number of aromatic nitrogens is 2. The average Bonchev–Trinajstić information content (AvgIpc) is 2.77. The fourth-order valence-electron chi connectivity index (χ4n) is 2.88. The first kappa shape index (κ1) is 19.4. The summed E-state index contributed by atoms with van der Waals surface area (Å²) in [5.74, 6) is 1.22. The summed E-state index contributed by atoms with van der Waals surface area (Å²) in [6.07, 6.45) is 3.16. The Hall–Kier alpha value is -3.41. The first-order chi connectivity index (χ1) is 13.7. The molecule has 0 bridgehead atoms. The van der Waals surface area contributed by atoms with Gasteiger partial charge >= 0.3 is 0 Å². The molecule has 0 aliphatic rings. The van der Waals surface area contributed by atoms with Crippen LogP contribution in [0.15, 0.2) is 67.0 Å². The molecule has 6 heteroatoms. The molecule has 0 saturated carbocycles. The summed E-state index contributed by atoms with van der Waals surface area (Å²) in [7, 11) is 1.61. The second-order valence-corrected chi connectivity index (χ2v) is 6.25. The molecule has 0 unspecified atom stereocenters. The van der Waals surface area contributed by atoms with Crippen LogP contribution in [-0.2, 0) is 13.1 Å². The van der Waals surface area contributed by atoms with Crippen molar-refractivity contribution in [2.24, 2.45) is 0 Å². The second-order valence-electron chi connectivity index (χ2n) is 6.25. The standard InChI is InChI=1S/C22H24N4O2/c1-3-26(16-17-9-5-4-6-10-17)21-15-23-19(14-24-21)22(27)25-13-18-11-7-8-12-20(18)28-2/h4-12,14-15H,3,13,16H2,1-2H3,(H,25,27). The number of hydrogen-bond donors (Lipinski definition) is 1. The minimum atomic E-state index is -0.268. The summed E-state index contributed by atoms with van der Waals surface area (Å²) in [5.41, 5.74) is 2.39. The van der Waals surface area contributed by atoms with Gasteiger partial charge in [-0.05, 0) is 18.6 Å². The van der Waals surface area contributed by atoms with E-state index in [1.165, 1.54) is 11.8 Å². The van der Waals surface area contributed by atoms with Crippen LogP contribution in [-0.4, -0.2) is 29.5 Å². The van der Waals surface area contributed by atoms with Crippen molar-refractivity contribution in [1.82, 2.24) is 15.3 Å². The van der Waals surface area contributed by atoms with Crippen molar-refractivity contribution >= 4 is 11.7 Å². The van der Waals surface area contributed by atoms with Crippen molar-refractivity contribution in [2.45, 2.75) is 20.0 Å². The Morgan fingerprint density at radius 1 is 1.04 bits per heavy atom. The summed E-state index contributed by atoms with van der Waals surface area (Å²) in [6.45, 7) is 3.97. The molecule has 3 rings (SSSR count). The third-order valence-corrected chi connectivity index (χ3v) is 4.42. The smallest absolute Gasteiger partial charge is 0.271 e. The van der Waals surface area contributed by atoms with E-state index in [9.17, 15) is 4.79 Å². The summed E-state index contributed by atoms with van der Waals surface area (Å²) in [5, 5.41) is 2.86. The lowest BCUT2D eigenvalue weighted by molar-refractivity contribution is 0.0945. The topological polar surface area (TPSA) is 67.4 Å². The fraction of sp³-hybridized carbons (Fsp3) is 0.227. The Morgan fingerprint density at radius 3 is 2.46 bits per heavy atom. The van der Waals surface area contributed by atoms with Gasteiger partial charge in [0.05, 0.1) is 19.5 Å². The molecule has 0 radical (unpaired) electrons. The molecular weight excluding hydrogens is 352 g/mol. The molecule has 0 spiro atoms. The normalized spacial score (nSPS) is 10.4. The number of amides is 1. The van der Waals surface area contributed by atoms with Crippen molar-refractivity contribution in [2.75, 3.05) is 18.6 Å². The van der Waals surface area contributed by atoms with Gasteiger partial charge in [0, 0.05) is 25.2 Å². The Labute approximate surface area is 165 Å². The first-order valence-electron chi connectivity index (χ1n) is 9.22. The fourth-order valence-corrected chi connectivity index (χ4v) is 2.88. The van der Waals surface area contributed by atoms with Crippen LogP contribution in [0.5, 0.6) is 5.75 Å². The van der Waals surface area contributed by atoms with Gasteiger partial charge in [0.15, 0.2) is 0 Å². The maximum atomic E-state index is 12.4. The zero-order valence-corrected chi connectivity index (χ0v) is 16.1. The van der Waals surface area contributed by atoms with Gasteiger partial charge in [0.2, 0.25) is 0 Å². The van der Waals surface area contributed by atoms with E-state index in [0.29, 0.717) is 6.54 Å². The van der Waals surface area contributed by atoms with E-state index in [4.69, 9.17) is 4.74 Å².